The molecule has 2 rings (SSSR count). The van der Waals surface area contributed by atoms with E-state index in [0.717, 1.165) is 5.56 Å². The smallest absolute Gasteiger partial charge is 0.342 e. The maximum Gasteiger partial charge on any atom is 0.342 e. The second-order valence-electron chi connectivity index (χ2n) is 4.23. The molecule has 1 aliphatic heterocycles. The van der Waals surface area contributed by atoms with E-state index in [2.05, 4.69) is 0 Å². The lowest BCUT2D eigenvalue weighted by molar-refractivity contribution is -0.133. The summed E-state index contributed by atoms with van der Waals surface area (Å²) in [4.78, 5) is 12.1. The third kappa shape index (κ3) is 2.40. The molecule has 0 bridgehead atoms. The van der Waals surface area contributed by atoms with E-state index >= 15 is 0 Å². The van der Waals surface area contributed by atoms with E-state index < -0.39 is 12.6 Å². The summed E-state index contributed by atoms with van der Waals surface area (Å²) in [5.74, 6) is 0.655. The molecule has 1 N–H and O–H groups in total. The fourth-order valence-corrected chi connectivity index (χ4v) is 2.17. The van der Waals surface area contributed by atoms with Crippen molar-refractivity contribution in [3.8, 4) is 5.75 Å². The molecule has 0 spiro atoms. The van der Waals surface area contributed by atoms with Crippen molar-refractivity contribution in [3.05, 3.63) is 40.8 Å². The number of aliphatic hydroxyl groups is 1. The summed E-state index contributed by atoms with van der Waals surface area (Å²) in [5, 5.41) is 9.48. The first-order valence-electron chi connectivity index (χ1n) is 6.08. The molecule has 1 aromatic carbocycles. The highest BCUT2D eigenvalue weighted by Gasteiger charge is 2.27. The van der Waals surface area contributed by atoms with Gasteiger partial charge in [0.15, 0.2) is 0 Å². The van der Waals surface area contributed by atoms with Crippen LogP contribution < -0.4 is 4.74 Å². The molecule has 0 radical (unpaired) electrons. The number of hydrogen-bond donors (Lipinski definition) is 1. The molecule has 0 aliphatic carbocycles. The zero-order chi connectivity index (χ0) is 14.7. The third-order valence-corrected chi connectivity index (χ3v) is 2.98. The van der Waals surface area contributed by atoms with Crippen LogP contribution in [0.5, 0.6) is 5.75 Å². The Morgan fingerprint density at radius 3 is 2.70 bits per heavy atom. The maximum absolute atomic E-state index is 12.1. The number of carbonyl (C=O) groups is 1. The Morgan fingerprint density at radius 1 is 1.35 bits per heavy atom. The topological polar surface area (TPSA) is 65.0 Å². The Bertz CT molecular complexity index is 598. The zero-order valence-electron chi connectivity index (χ0n) is 11.6. The minimum Gasteiger partial charge on any atom is -0.496 e. The SMILES string of the molecule is COC(=O)C1=C(CO)OC(C)=Cc2cccc(OC)c21. The number of allylic oxidation sites excluding steroid dienone is 1. The Morgan fingerprint density at radius 2 is 2.10 bits per heavy atom. The van der Waals surface area contributed by atoms with Crippen molar-refractivity contribution in [2.24, 2.45) is 0 Å². The molecule has 0 saturated heterocycles. The van der Waals surface area contributed by atoms with Crippen molar-refractivity contribution in [2.75, 3.05) is 20.8 Å². The van der Waals surface area contributed by atoms with Crippen LogP contribution in [0, 0.1) is 0 Å². The first kappa shape index (κ1) is 14.1. The number of carbonyl (C=O) groups excluding carboxylic acids is 1. The Kier molecular flexibility index (Phi) is 4.10. The van der Waals surface area contributed by atoms with Gasteiger partial charge in [-0.1, -0.05) is 12.1 Å². The number of esters is 1. The number of ether oxygens (including phenoxy) is 3. The Hall–Kier alpha value is -2.27. The lowest BCUT2D eigenvalue weighted by atomic mass is 9.97. The van der Waals surface area contributed by atoms with Crippen molar-refractivity contribution in [1.82, 2.24) is 0 Å². The molecule has 106 valence electrons. The van der Waals surface area contributed by atoms with E-state index in [1.54, 1.807) is 19.1 Å². The lowest BCUT2D eigenvalue weighted by Crippen LogP contribution is -2.11. The van der Waals surface area contributed by atoms with E-state index in [9.17, 15) is 9.90 Å². The fourth-order valence-electron chi connectivity index (χ4n) is 2.17. The van der Waals surface area contributed by atoms with Gasteiger partial charge in [-0.25, -0.2) is 4.79 Å². The number of methoxy groups -OCH3 is 2. The number of fused-ring (bicyclic) bond motifs is 1. The summed E-state index contributed by atoms with van der Waals surface area (Å²) in [6.45, 7) is 1.34. The van der Waals surface area contributed by atoms with Crippen LogP contribution in [0.4, 0.5) is 0 Å². The van der Waals surface area contributed by atoms with Gasteiger partial charge < -0.3 is 19.3 Å². The van der Waals surface area contributed by atoms with Crippen LogP contribution in [0.1, 0.15) is 18.1 Å². The molecule has 20 heavy (non-hydrogen) atoms. The van der Waals surface area contributed by atoms with Gasteiger partial charge in [0.1, 0.15) is 29.4 Å². The van der Waals surface area contributed by atoms with E-state index in [4.69, 9.17) is 14.2 Å². The lowest BCUT2D eigenvalue weighted by Gasteiger charge is -2.14. The van der Waals surface area contributed by atoms with Gasteiger partial charge in [0, 0.05) is 5.56 Å². The van der Waals surface area contributed by atoms with E-state index in [1.165, 1.54) is 14.2 Å². The molecular formula is C15H16O5. The predicted octanol–water partition coefficient (Wildman–Crippen LogP) is 1.96. The summed E-state index contributed by atoms with van der Waals surface area (Å²) in [5.41, 5.74) is 1.50. The maximum atomic E-state index is 12.1. The first-order valence-corrected chi connectivity index (χ1v) is 6.08. The normalized spacial score (nSPS) is 13.9. The minimum absolute atomic E-state index is 0.147. The Labute approximate surface area is 117 Å². The quantitative estimate of drug-likeness (QED) is 0.855. The van der Waals surface area contributed by atoms with Crippen molar-refractivity contribution in [1.29, 1.82) is 0 Å². The molecule has 1 aliphatic rings. The average Bonchev–Trinajstić information content (AvgIpc) is 2.61. The van der Waals surface area contributed by atoms with Gasteiger partial charge in [-0.2, -0.15) is 0 Å². The minimum atomic E-state index is -0.581. The van der Waals surface area contributed by atoms with E-state index in [0.29, 0.717) is 17.1 Å². The number of rotatable bonds is 3. The first-order chi connectivity index (χ1) is 9.62. The van der Waals surface area contributed by atoms with Gasteiger partial charge in [0.25, 0.3) is 0 Å². The van der Waals surface area contributed by atoms with Crippen LogP contribution in [-0.4, -0.2) is 31.9 Å². The van der Waals surface area contributed by atoms with Crippen molar-refractivity contribution >= 4 is 17.6 Å². The number of benzene rings is 1. The summed E-state index contributed by atoms with van der Waals surface area (Å²) in [6, 6.07) is 5.40. The summed E-state index contributed by atoms with van der Waals surface area (Å²) in [6.07, 6.45) is 1.78. The molecule has 0 saturated carbocycles. The van der Waals surface area contributed by atoms with Gasteiger partial charge in [-0.3, -0.25) is 0 Å². The highest BCUT2D eigenvalue weighted by molar-refractivity contribution is 6.19. The molecule has 5 nitrogen and oxygen atoms in total. The molecule has 0 fully saturated rings. The molecule has 0 aromatic heterocycles. The molecule has 1 aromatic rings. The standard InChI is InChI=1S/C15H16O5/c1-9-7-10-5-4-6-11(18-2)13(10)14(15(17)19-3)12(8-16)20-9/h4-7,16H,8H2,1-3H3. The molecule has 0 unspecified atom stereocenters. The van der Waals surface area contributed by atoms with Crippen molar-refractivity contribution in [3.63, 3.8) is 0 Å². The summed E-state index contributed by atoms with van der Waals surface area (Å²) >= 11 is 0. The summed E-state index contributed by atoms with van der Waals surface area (Å²) in [7, 11) is 2.80. The molecule has 0 amide bonds. The Balaban J connectivity index is 2.80. The monoisotopic (exact) mass is 276 g/mol. The van der Waals surface area contributed by atoms with Crippen LogP contribution in [0.3, 0.4) is 0 Å². The van der Waals surface area contributed by atoms with Crippen LogP contribution in [0.25, 0.3) is 11.6 Å². The van der Waals surface area contributed by atoms with Crippen LogP contribution in [0.2, 0.25) is 0 Å². The van der Waals surface area contributed by atoms with Gasteiger partial charge in [-0.15, -0.1) is 0 Å². The van der Waals surface area contributed by atoms with Gasteiger partial charge in [0.2, 0.25) is 0 Å². The second-order valence-corrected chi connectivity index (χ2v) is 4.23. The zero-order valence-corrected chi connectivity index (χ0v) is 11.6. The molecule has 1 heterocycles. The predicted molar refractivity (Wildman–Crippen MR) is 73.8 cm³/mol. The van der Waals surface area contributed by atoms with Gasteiger partial charge >= 0.3 is 5.97 Å². The van der Waals surface area contributed by atoms with E-state index in [-0.39, 0.29) is 11.3 Å². The van der Waals surface area contributed by atoms with Crippen LogP contribution in [0.15, 0.2) is 29.7 Å². The second kappa shape index (κ2) is 5.79. The molecule has 5 heteroatoms. The number of aliphatic hydroxyl groups excluding tert-OH is 1. The van der Waals surface area contributed by atoms with Crippen molar-refractivity contribution < 1.29 is 24.1 Å². The third-order valence-electron chi connectivity index (χ3n) is 2.98. The fraction of sp³-hybridized carbons (Fsp3) is 0.267. The van der Waals surface area contributed by atoms with Gasteiger partial charge in [-0.05, 0) is 24.6 Å². The largest absolute Gasteiger partial charge is 0.496 e. The van der Waals surface area contributed by atoms with E-state index in [1.807, 2.05) is 12.1 Å². The molecular weight excluding hydrogens is 260 g/mol. The van der Waals surface area contributed by atoms with Crippen LogP contribution >= 0.6 is 0 Å². The highest BCUT2D eigenvalue weighted by Crippen LogP contribution is 2.36. The average molecular weight is 276 g/mol. The molecule has 0 atom stereocenters. The van der Waals surface area contributed by atoms with Crippen LogP contribution in [-0.2, 0) is 14.3 Å². The van der Waals surface area contributed by atoms with Gasteiger partial charge in [0.05, 0.1) is 14.2 Å². The van der Waals surface area contributed by atoms with Crippen molar-refractivity contribution in [2.45, 2.75) is 6.92 Å². The number of hydrogen-bond acceptors (Lipinski definition) is 5. The summed E-state index contributed by atoms with van der Waals surface area (Å²) < 4.78 is 15.6. The highest BCUT2D eigenvalue weighted by atomic mass is 16.5.